The molecule has 1 aromatic heterocycles. The number of piperazine rings is 1. The van der Waals surface area contributed by atoms with Gasteiger partial charge in [-0.2, -0.15) is 0 Å². The highest BCUT2D eigenvalue weighted by Crippen LogP contribution is 2.33. The summed E-state index contributed by atoms with van der Waals surface area (Å²) >= 11 is 1.74. The average Bonchev–Trinajstić information content (AvgIpc) is 2.87. The highest BCUT2D eigenvalue weighted by atomic mass is 32.2. The van der Waals surface area contributed by atoms with Crippen molar-refractivity contribution >= 4 is 34.0 Å². The van der Waals surface area contributed by atoms with Crippen LogP contribution in [0.2, 0.25) is 0 Å². The Morgan fingerprint density at radius 1 is 1.03 bits per heavy atom. The fourth-order valence-corrected chi connectivity index (χ4v) is 5.72. The summed E-state index contributed by atoms with van der Waals surface area (Å²) in [6.07, 6.45) is 2.10. The average molecular weight is 509 g/mol. The normalized spacial score (nSPS) is 17.3. The van der Waals surface area contributed by atoms with Gasteiger partial charge in [-0.1, -0.05) is 32.0 Å². The van der Waals surface area contributed by atoms with E-state index in [0.717, 1.165) is 72.8 Å². The number of hydrogen-bond acceptors (Lipinski definition) is 6. The Balaban J connectivity index is 0.00000148. The van der Waals surface area contributed by atoms with Gasteiger partial charge in [-0.3, -0.25) is 14.3 Å². The van der Waals surface area contributed by atoms with Gasteiger partial charge in [0.05, 0.1) is 19.3 Å². The molecule has 3 heterocycles. The molecule has 0 unspecified atom stereocenters. The Morgan fingerprint density at radius 2 is 1.72 bits per heavy atom. The molecule has 7 heteroatoms. The maximum absolute atomic E-state index is 13.5. The first-order valence-corrected chi connectivity index (χ1v) is 14.3. The van der Waals surface area contributed by atoms with Crippen molar-refractivity contribution in [2.75, 3.05) is 55.9 Å². The zero-order valence-electron chi connectivity index (χ0n) is 22.5. The monoisotopic (exact) mass is 508 g/mol. The summed E-state index contributed by atoms with van der Waals surface area (Å²) in [5, 5.41) is 5.53. The Hall–Kier alpha value is -2.48. The molecule has 2 aliphatic heterocycles. The largest absolute Gasteiger partial charge is 0.378 e. The van der Waals surface area contributed by atoms with Crippen LogP contribution in [0, 0.1) is 6.92 Å². The molecule has 0 spiro atoms. The van der Waals surface area contributed by atoms with Gasteiger partial charge >= 0.3 is 0 Å². The van der Waals surface area contributed by atoms with E-state index in [9.17, 15) is 4.79 Å². The standard InChI is InChI=1S/C27H34N4O2S.C2H6/c1-18-13-21(19(2)28-24-7-5-6-8-25(24)34-4)22-15-26(29(3)27(32)23(22)14-18)31-11-9-30(10-12-31)20-16-33-17-20;1-2/h5-8,13-15,19-20,28H,9-12,16-17H2,1-4H3;1-2H3/t19-;/m1./s1. The van der Waals surface area contributed by atoms with E-state index in [2.05, 4.69) is 71.6 Å². The van der Waals surface area contributed by atoms with E-state index in [1.807, 2.05) is 31.5 Å². The van der Waals surface area contributed by atoms with E-state index in [0.29, 0.717) is 6.04 Å². The van der Waals surface area contributed by atoms with Crippen molar-refractivity contribution in [3.8, 4) is 0 Å². The molecule has 3 aromatic rings. The van der Waals surface area contributed by atoms with Crippen LogP contribution in [0.3, 0.4) is 0 Å². The molecule has 36 heavy (non-hydrogen) atoms. The number of nitrogens with zero attached hydrogens (tertiary/aromatic N) is 3. The highest BCUT2D eigenvalue weighted by Gasteiger charge is 2.29. The minimum atomic E-state index is 0.0612. The summed E-state index contributed by atoms with van der Waals surface area (Å²) in [4.78, 5) is 19.6. The number of nitrogens with one attached hydrogen (secondary N) is 1. The number of thioether (sulfide) groups is 1. The third-order valence-corrected chi connectivity index (χ3v) is 8.02. The third-order valence-electron chi connectivity index (χ3n) is 7.23. The fourth-order valence-electron chi connectivity index (χ4n) is 5.16. The lowest BCUT2D eigenvalue weighted by Crippen LogP contribution is -2.57. The zero-order valence-corrected chi connectivity index (χ0v) is 23.3. The van der Waals surface area contributed by atoms with E-state index in [4.69, 9.17) is 4.74 Å². The van der Waals surface area contributed by atoms with Crippen LogP contribution in [-0.2, 0) is 11.8 Å². The fraction of sp³-hybridized carbons (Fsp3) is 0.483. The van der Waals surface area contributed by atoms with Crippen LogP contribution >= 0.6 is 11.8 Å². The number of ether oxygens (including phenoxy) is 1. The molecule has 0 radical (unpaired) electrons. The minimum absolute atomic E-state index is 0.0612. The number of fused-ring (bicyclic) bond motifs is 1. The van der Waals surface area contributed by atoms with Gasteiger partial charge in [-0.15, -0.1) is 11.8 Å². The Morgan fingerprint density at radius 3 is 2.36 bits per heavy atom. The molecular formula is C29H40N4O2S. The van der Waals surface area contributed by atoms with Crippen LogP contribution < -0.4 is 15.8 Å². The molecule has 0 bridgehead atoms. The van der Waals surface area contributed by atoms with Gasteiger partial charge in [0.15, 0.2) is 0 Å². The predicted molar refractivity (Wildman–Crippen MR) is 154 cm³/mol. The predicted octanol–water partition coefficient (Wildman–Crippen LogP) is 5.29. The lowest BCUT2D eigenvalue weighted by Gasteiger charge is -2.43. The molecule has 5 rings (SSSR count). The Bertz CT molecular complexity index is 1250. The van der Waals surface area contributed by atoms with Gasteiger partial charge in [-0.25, -0.2) is 0 Å². The van der Waals surface area contributed by atoms with E-state index >= 15 is 0 Å². The summed E-state index contributed by atoms with van der Waals surface area (Å²) in [5.74, 6) is 1.00. The second-order valence-corrected chi connectivity index (χ2v) is 10.3. The quantitative estimate of drug-likeness (QED) is 0.457. The number of aromatic nitrogens is 1. The smallest absolute Gasteiger partial charge is 0.259 e. The first-order valence-electron chi connectivity index (χ1n) is 13.1. The van der Waals surface area contributed by atoms with Crippen molar-refractivity contribution in [2.45, 2.75) is 44.7 Å². The lowest BCUT2D eigenvalue weighted by molar-refractivity contribution is -0.0661. The van der Waals surface area contributed by atoms with Gasteiger partial charge in [0.25, 0.3) is 5.56 Å². The van der Waals surface area contributed by atoms with Crippen molar-refractivity contribution in [1.82, 2.24) is 9.47 Å². The van der Waals surface area contributed by atoms with Crippen molar-refractivity contribution in [3.63, 3.8) is 0 Å². The number of anilines is 2. The van der Waals surface area contributed by atoms with Crippen LogP contribution in [0.5, 0.6) is 0 Å². The van der Waals surface area contributed by atoms with Crippen LogP contribution in [-0.4, -0.2) is 61.2 Å². The molecule has 2 aliphatic rings. The molecule has 6 nitrogen and oxygen atoms in total. The molecular weight excluding hydrogens is 468 g/mol. The third kappa shape index (κ3) is 5.29. The maximum atomic E-state index is 13.5. The van der Waals surface area contributed by atoms with Gasteiger partial charge < -0.3 is 15.0 Å². The van der Waals surface area contributed by atoms with Crippen LogP contribution in [0.4, 0.5) is 11.5 Å². The minimum Gasteiger partial charge on any atom is -0.378 e. The summed E-state index contributed by atoms with van der Waals surface area (Å²) in [6, 6.07) is 15.5. The first kappa shape index (κ1) is 26.6. The summed E-state index contributed by atoms with van der Waals surface area (Å²) in [5.41, 5.74) is 3.46. The number of hydrogen-bond donors (Lipinski definition) is 1. The van der Waals surface area contributed by atoms with Gasteiger partial charge in [0, 0.05) is 55.2 Å². The Kier molecular flexibility index (Phi) is 8.65. The number of aryl methyl sites for hydroxylation is 1. The molecule has 2 saturated heterocycles. The molecule has 0 aliphatic carbocycles. The van der Waals surface area contributed by atoms with Crippen molar-refractivity contribution < 1.29 is 4.74 Å². The van der Waals surface area contributed by atoms with Crippen molar-refractivity contribution in [1.29, 1.82) is 0 Å². The topological polar surface area (TPSA) is 49.7 Å². The Labute approximate surface area is 219 Å². The lowest BCUT2D eigenvalue weighted by atomic mass is 9.97. The van der Waals surface area contributed by atoms with Crippen molar-refractivity contribution in [2.24, 2.45) is 7.05 Å². The van der Waals surface area contributed by atoms with Crippen molar-refractivity contribution in [3.05, 3.63) is 63.9 Å². The molecule has 2 fully saturated rings. The number of pyridine rings is 1. The molecule has 194 valence electrons. The van der Waals surface area contributed by atoms with Gasteiger partial charge in [0.2, 0.25) is 0 Å². The number of rotatable bonds is 6. The van der Waals surface area contributed by atoms with E-state index < -0.39 is 0 Å². The molecule has 0 amide bonds. The highest BCUT2D eigenvalue weighted by molar-refractivity contribution is 7.98. The van der Waals surface area contributed by atoms with Crippen LogP contribution in [0.25, 0.3) is 10.8 Å². The molecule has 1 N–H and O–H groups in total. The van der Waals surface area contributed by atoms with Crippen LogP contribution in [0.15, 0.2) is 52.2 Å². The first-order chi connectivity index (χ1) is 17.5. The second-order valence-electron chi connectivity index (χ2n) is 9.46. The van der Waals surface area contributed by atoms with Crippen LogP contribution in [0.1, 0.15) is 37.9 Å². The maximum Gasteiger partial charge on any atom is 0.259 e. The summed E-state index contributed by atoms with van der Waals surface area (Å²) < 4.78 is 7.21. The summed E-state index contributed by atoms with van der Waals surface area (Å²) in [6.45, 7) is 13.8. The SMILES string of the molecule is CC.CSc1ccccc1N[C@H](C)c1cc(C)cc2c(=O)n(C)c(N3CCN(C4COC4)CC3)cc12. The van der Waals surface area contributed by atoms with Gasteiger partial charge in [-0.05, 0) is 60.9 Å². The van der Waals surface area contributed by atoms with E-state index in [1.165, 1.54) is 4.90 Å². The molecule has 1 atom stereocenters. The number of benzene rings is 2. The van der Waals surface area contributed by atoms with E-state index in [-0.39, 0.29) is 11.6 Å². The van der Waals surface area contributed by atoms with E-state index in [1.54, 1.807) is 11.8 Å². The number of para-hydroxylation sites is 1. The van der Waals surface area contributed by atoms with Gasteiger partial charge in [0.1, 0.15) is 5.82 Å². The second kappa shape index (κ2) is 11.7. The zero-order chi connectivity index (χ0) is 25.8. The molecule has 0 saturated carbocycles. The summed E-state index contributed by atoms with van der Waals surface area (Å²) in [7, 11) is 1.90. The molecule has 2 aromatic carbocycles.